The Kier molecular flexibility index (Phi) is 4.34. The number of nitrogens with zero attached hydrogens (tertiary/aromatic N) is 1. The zero-order valence-electron chi connectivity index (χ0n) is 16.1. The molecule has 4 atom stereocenters. The minimum absolute atomic E-state index is 0.0129. The van der Waals surface area contributed by atoms with Gasteiger partial charge in [0.25, 0.3) is 0 Å². The maximum atomic E-state index is 6.14. The monoisotopic (exact) mass is 321 g/mol. The second-order valence-corrected chi connectivity index (χ2v) is 9.85. The molecule has 0 bridgehead atoms. The summed E-state index contributed by atoms with van der Waals surface area (Å²) in [5.41, 5.74) is 1.78. The number of hydroxylamine groups is 2. The second-order valence-electron chi connectivity index (χ2n) is 9.85. The van der Waals surface area contributed by atoms with Crippen LogP contribution < -0.4 is 0 Å². The highest BCUT2D eigenvalue weighted by atomic mass is 16.7. The normalized spacial score (nSPS) is 35.3. The molecule has 3 heteroatoms. The Balaban J connectivity index is 1.64. The average Bonchev–Trinajstić information content (AvgIpc) is 2.92. The van der Waals surface area contributed by atoms with E-state index < -0.39 is 0 Å². The topological polar surface area (TPSA) is 21.7 Å². The van der Waals surface area contributed by atoms with E-state index in [-0.39, 0.29) is 11.0 Å². The molecule has 0 aromatic heterocycles. The first kappa shape index (κ1) is 17.3. The van der Waals surface area contributed by atoms with Crippen molar-refractivity contribution in [3.8, 4) is 0 Å². The van der Waals surface area contributed by atoms with Crippen molar-refractivity contribution in [3.05, 3.63) is 11.3 Å². The molecule has 1 aliphatic heterocycles. The van der Waals surface area contributed by atoms with E-state index in [1.807, 2.05) is 0 Å². The van der Waals surface area contributed by atoms with Crippen LogP contribution in [0.4, 0.5) is 0 Å². The fraction of sp³-hybridized carbons (Fsp3) is 0.900. The summed E-state index contributed by atoms with van der Waals surface area (Å²) in [5.74, 6) is 3.78. The average molecular weight is 322 g/mol. The van der Waals surface area contributed by atoms with Crippen molar-refractivity contribution in [1.82, 2.24) is 5.06 Å². The van der Waals surface area contributed by atoms with Gasteiger partial charge in [0.05, 0.1) is 18.2 Å². The molecule has 3 aliphatic rings. The van der Waals surface area contributed by atoms with Crippen LogP contribution in [0, 0.1) is 23.2 Å². The van der Waals surface area contributed by atoms with Crippen LogP contribution in [0.1, 0.15) is 67.2 Å². The Bertz CT molecular complexity index is 483. The number of hydrogen-bond donors (Lipinski definition) is 0. The fourth-order valence-corrected chi connectivity index (χ4v) is 4.80. The molecule has 1 fully saturated rings. The summed E-state index contributed by atoms with van der Waals surface area (Å²) in [5, 5.41) is 2.10. The van der Waals surface area contributed by atoms with Gasteiger partial charge in [-0.05, 0) is 68.8 Å². The van der Waals surface area contributed by atoms with E-state index in [0.29, 0.717) is 6.04 Å². The first-order chi connectivity index (χ1) is 10.6. The second kappa shape index (κ2) is 5.77. The van der Waals surface area contributed by atoms with Gasteiger partial charge in [-0.2, -0.15) is 0 Å². The third kappa shape index (κ3) is 3.61. The van der Waals surface area contributed by atoms with Crippen molar-refractivity contribution in [3.63, 3.8) is 0 Å². The van der Waals surface area contributed by atoms with E-state index >= 15 is 0 Å². The summed E-state index contributed by atoms with van der Waals surface area (Å²) in [7, 11) is 2.10. The number of hydrogen-bond acceptors (Lipinski definition) is 3. The molecule has 0 N–H and O–H groups in total. The molecule has 132 valence electrons. The number of rotatable bonds is 2. The van der Waals surface area contributed by atoms with Gasteiger partial charge >= 0.3 is 0 Å². The lowest BCUT2D eigenvalue weighted by molar-refractivity contribution is -0.119. The molecule has 1 heterocycles. The van der Waals surface area contributed by atoms with E-state index in [0.717, 1.165) is 30.8 Å². The van der Waals surface area contributed by atoms with E-state index in [1.54, 1.807) is 5.57 Å². The number of likely N-dealkylation sites (N-methyl/N-ethyl adjacent to an activating group) is 1. The van der Waals surface area contributed by atoms with Crippen molar-refractivity contribution < 1.29 is 9.57 Å². The predicted molar refractivity (Wildman–Crippen MR) is 93.8 cm³/mol. The molecule has 3 rings (SSSR count). The first-order valence-electron chi connectivity index (χ1n) is 9.34. The molecule has 4 unspecified atom stereocenters. The fourth-order valence-electron chi connectivity index (χ4n) is 4.80. The molecular weight excluding hydrogens is 286 g/mol. The highest BCUT2D eigenvalue weighted by Gasteiger charge is 2.52. The van der Waals surface area contributed by atoms with Gasteiger partial charge in [-0.1, -0.05) is 20.8 Å². The number of fused-ring (bicyclic) bond motifs is 1. The van der Waals surface area contributed by atoms with E-state index in [2.05, 4.69) is 53.7 Å². The Morgan fingerprint density at radius 2 is 1.65 bits per heavy atom. The van der Waals surface area contributed by atoms with Crippen LogP contribution in [-0.2, 0) is 9.57 Å². The van der Waals surface area contributed by atoms with Crippen molar-refractivity contribution in [2.24, 2.45) is 23.2 Å². The summed E-state index contributed by atoms with van der Waals surface area (Å²) in [6.45, 7) is 14.4. The molecule has 0 spiro atoms. The van der Waals surface area contributed by atoms with E-state index in [1.165, 1.54) is 25.0 Å². The SMILES string of the molecule is CN1OC2=C(CCC3C(CC2)C3COC(C)(C)C)C1C(C)(C)C. The maximum Gasteiger partial charge on any atom is 0.125 e. The first-order valence-corrected chi connectivity index (χ1v) is 9.34. The van der Waals surface area contributed by atoms with Gasteiger partial charge < -0.3 is 9.57 Å². The van der Waals surface area contributed by atoms with Crippen LogP contribution in [0.3, 0.4) is 0 Å². The summed E-state index contributed by atoms with van der Waals surface area (Å²) >= 11 is 0. The van der Waals surface area contributed by atoms with Crippen molar-refractivity contribution in [2.75, 3.05) is 13.7 Å². The minimum atomic E-state index is -0.0129. The van der Waals surface area contributed by atoms with Crippen LogP contribution >= 0.6 is 0 Å². The molecule has 1 saturated carbocycles. The largest absolute Gasteiger partial charge is 0.410 e. The minimum Gasteiger partial charge on any atom is -0.410 e. The lowest BCUT2D eigenvalue weighted by atomic mass is 9.79. The molecular formula is C20H35NO2. The molecule has 23 heavy (non-hydrogen) atoms. The van der Waals surface area contributed by atoms with Crippen LogP contribution in [0.25, 0.3) is 0 Å². The third-order valence-corrected chi connectivity index (χ3v) is 5.80. The number of ether oxygens (including phenoxy) is 1. The highest BCUT2D eigenvalue weighted by molar-refractivity contribution is 5.24. The van der Waals surface area contributed by atoms with E-state index in [9.17, 15) is 0 Å². The Morgan fingerprint density at radius 3 is 2.22 bits per heavy atom. The van der Waals surface area contributed by atoms with Gasteiger partial charge in [0, 0.05) is 13.5 Å². The van der Waals surface area contributed by atoms with Crippen LogP contribution in [0.2, 0.25) is 0 Å². The molecule has 2 aliphatic carbocycles. The highest BCUT2D eigenvalue weighted by Crippen LogP contribution is 2.56. The lowest BCUT2D eigenvalue weighted by Crippen LogP contribution is -2.38. The summed E-state index contributed by atoms with van der Waals surface area (Å²) in [6.07, 6.45) is 4.89. The number of allylic oxidation sites excluding steroid dienone is 1. The third-order valence-electron chi connectivity index (χ3n) is 5.80. The van der Waals surface area contributed by atoms with Crippen LogP contribution in [0.15, 0.2) is 11.3 Å². The smallest absolute Gasteiger partial charge is 0.125 e. The zero-order chi connectivity index (χ0) is 17.0. The van der Waals surface area contributed by atoms with Gasteiger partial charge in [-0.15, -0.1) is 5.06 Å². The van der Waals surface area contributed by atoms with Gasteiger partial charge in [0.2, 0.25) is 0 Å². The van der Waals surface area contributed by atoms with Crippen molar-refractivity contribution in [1.29, 1.82) is 0 Å². The predicted octanol–water partition coefficient (Wildman–Crippen LogP) is 4.78. The van der Waals surface area contributed by atoms with Crippen molar-refractivity contribution >= 4 is 0 Å². The standard InChI is InChI=1S/C20H35NO2/c1-19(2,3)18-15-9-8-13-14(10-11-17(15)23-21(18)7)16(13)12-22-20(4,5)6/h13-14,16,18H,8-12H2,1-7H3. The Labute approximate surface area is 142 Å². The van der Waals surface area contributed by atoms with Gasteiger partial charge in [-0.3, -0.25) is 0 Å². The lowest BCUT2D eigenvalue weighted by Gasteiger charge is -2.32. The van der Waals surface area contributed by atoms with Crippen LogP contribution in [0.5, 0.6) is 0 Å². The summed E-state index contributed by atoms with van der Waals surface area (Å²) in [6, 6.07) is 0.428. The molecule has 0 radical (unpaired) electrons. The Hall–Kier alpha value is -0.540. The van der Waals surface area contributed by atoms with Crippen molar-refractivity contribution in [2.45, 2.75) is 78.9 Å². The molecule has 0 aromatic carbocycles. The van der Waals surface area contributed by atoms with E-state index in [4.69, 9.17) is 9.57 Å². The summed E-state index contributed by atoms with van der Waals surface area (Å²) < 4.78 is 6.06. The molecule has 3 nitrogen and oxygen atoms in total. The van der Waals surface area contributed by atoms with Gasteiger partial charge in [0.1, 0.15) is 5.76 Å². The van der Waals surface area contributed by atoms with Gasteiger partial charge in [-0.25, -0.2) is 0 Å². The van der Waals surface area contributed by atoms with Crippen LogP contribution in [-0.4, -0.2) is 30.4 Å². The molecule has 0 aromatic rings. The summed E-state index contributed by atoms with van der Waals surface area (Å²) in [4.78, 5) is 6.14. The van der Waals surface area contributed by atoms with Gasteiger partial charge in [0.15, 0.2) is 0 Å². The quantitative estimate of drug-likeness (QED) is 0.730. The zero-order valence-corrected chi connectivity index (χ0v) is 16.1. The molecule has 0 saturated heterocycles. The molecule has 0 amide bonds. The maximum absolute atomic E-state index is 6.14. The Morgan fingerprint density at radius 1 is 1.04 bits per heavy atom.